The van der Waals surface area contributed by atoms with Crippen LogP contribution in [0.25, 0.3) is 0 Å². The minimum absolute atomic E-state index is 0.285. The summed E-state index contributed by atoms with van der Waals surface area (Å²) in [6.45, 7) is 0. The average molecular weight is 328 g/mol. The summed E-state index contributed by atoms with van der Waals surface area (Å²) in [6, 6.07) is 5.34. The van der Waals surface area contributed by atoms with Crippen molar-refractivity contribution in [1.29, 1.82) is 0 Å². The molecule has 22 heavy (non-hydrogen) atoms. The van der Waals surface area contributed by atoms with Gasteiger partial charge in [0.05, 0.1) is 11.8 Å². The molecule has 0 amide bonds. The fraction of sp³-hybridized carbons (Fsp3) is 0.286. The Kier molecular flexibility index (Phi) is 3.78. The molecule has 2 aromatic rings. The zero-order valence-corrected chi connectivity index (χ0v) is 12.0. The van der Waals surface area contributed by atoms with Crippen molar-refractivity contribution < 1.29 is 22.4 Å². The van der Waals surface area contributed by atoms with Crippen molar-refractivity contribution in [2.24, 2.45) is 0 Å². The first-order chi connectivity index (χ1) is 10.4. The van der Waals surface area contributed by atoms with Crippen molar-refractivity contribution in [2.45, 2.75) is 25.1 Å². The van der Waals surface area contributed by atoms with Crippen LogP contribution < -0.4 is 10.1 Å². The quantitative estimate of drug-likeness (QED) is 0.851. The zero-order valence-electron chi connectivity index (χ0n) is 11.2. The summed E-state index contributed by atoms with van der Waals surface area (Å²) in [5.74, 6) is 0.835. The fourth-order valence-electron chi connectivity index (χ4n) is 2.00. The molecule has 0 bridgehead atoms. The third-order valence-electron chi connectivity index (χ3n) is 3.14. The van der Waals surface area contributed by atoms with Crippen molar-refractivity contribution in [3.8, 4) is 5.75 Å². The number of thiocarbonyl (C=S) groups is 1. The van der Waals surface area contributed by atoms with Crippen LogP contribution in [0.15, 0.2) is 35.0 Å². The van der Waals surface area contributed by atoms with Gasteiger partial charge in [0.2, 0.25) is 0 Å². The molecule has 1 N–H and O–H groups in total. The number of nitrogens with one attached hydrogen (secondary N) is 1. The highest BCUT2D eigenvalue weighted by atomic mass is 32.1. The van der Waals surface area contributed by atoms with Gasteiger partial charge in [-0.3, -0.25) is 0 Å². The van der Waals surface area contributed by atoms with Gasteiger partial charge in [-0.15, -0.1) is 13.2 Å². The molecule has 1 aromatic carbocycles. The van der Waals surface area contributed by atoms with Gasteiger partial charge in [0.1, 0.15) is 16.5 Å². The maximum absolute atomic E-state index is 12.1. The molecule has 1 fully saturated rings. The summed E-state index contributed by atoms with van der Waals surface area (Å²) in [5.41, 5.74) is 1.27. The second-order valence-electron chi connectivity index (χ2n) is 4.90. The third kappa shape index (κ3) is 3.56. The van der Waals surface area contributed by atoms with Crippen molar-refractivity contribution in [2.75, 3.05) is 5.32 Å². The first kappa shape index (κ1) is 14.8. The van der Waals surface area contributed by atoms with Gasteiger partial charge in [-0.1, -0.05) is 17.4 Å². The Morgan fingerprint density at radius 3 is 2.55 bits per heavy atom. The Hall–Kier alpha value is -2.09. The number of nitrogens with zero attached hydrogens (tertiary/aromatic N) is 1. The van der Waals surface area contributed by atoms with Crippen LogP contribution in [0.2, 0.25) is 0 Å². The lowest BCUT2D eigenvalue weighted by Gasteiger charge is -2.10. The van der Waals surface area contributed by atoms with Crippen LogP contribution in [0.5, 0.6) is 5.75 Å². The van der Waals surface area contributed by atoms with E-state index < -0.39 is 6.36 Å². The topological polar surface area (TPSA) is 47.3 Å². The van der Waals surface area contributed by atoms with E-state index in [2.05, 4.69) is 15.2 Å². The molecule has 1 saturated carbocycles. The number of anilines is 1. The highest BCUT2D eigenvalue weighted by Crippen LogP contribution is 2.41. The van der Waals surface area contributed by atoms with E-state index in [1.807, 2.05) is 0 Å². The Balaban J connectivity index is 1.67. The van der Waals surface area contributed by atoms with Crippen molar-refractivity contribution in [3.63, 3.8) is 0 Å². The zero-order chi connectivity index (χ0) is 15.7. The van der Waals surface area contributed by atoms with Crippen LogP contribution in [0.3, 0.4) is 0 Å². The number of benzene rings is 1. The molecule has 0 unspecified atom stereocenters. The summed E-state index contributed by atoms with van der Waals surface area (Å²) in [6.07, 6.45) is -1.06. The van der Waals surface area contributed by atoms with Gasteiger partial charge in [0.15, 0.2) is 0 Å². The SMILES string of the molecule is FC(F)(F)Oc1ccc(NC(=S)c2cnoc2C2CC2)cc1. The van der Waals surface area contributed by atoms with E-state index in [1.165, 1.54) is 24.3 Å². The standard InChI is InChI=1S/C14H11F3N2O2S/c15-14(16,17)20-10-5-3-9(4-6-10)19-13(22)11-7-18-21-12(11)8-1-2-8/h3-8H,1-2H2,(H,19,22). The van der Waals surface area contributed by atoms with Crippen LogP contribution in [-0.2, 0) is 0 Å². The molecule has 0 aliphatic heterocycles. The molecular weight excluding hydrogens is 317 g/mol. The second-order valence-corrected chi connectivity index (χ2v) is 5.31. The molecule has 0 radical (unpaired) electrons. The predicted octanol–water partition coefficient (Wildman–Crippen LogP) is 4.24. The van der Waals surface area contributed by atoms with Gasteiger partial charge in [-0.05, 0) is 37.1 Å². The third-order valence-corrected chi connectivity index (χ3v) is 3.46. The average Bonchev–Trinajstić information content (AvgIpc) is 3.16. The van der Waals surface area contributed by atoms with E-state index in [9.17, 15) is 13.2 Å². The van der Waals surface area contributed by atoms with Gasteiger partial charge in [-0.25, -0.2) is 0 Å². The van der Waals surface area contributed by atoms with Crippen molar-refractivity contribution in [3.05, 3.63) is 41.8 Å². The Morgan fingerprint density at radius 2 is 1.95 bits per heavy atom. The number of alkyl halides is 3. The number of halogens is 3. The Labute approximate surface area is 129 Å². The molecule has 3 rings (SSSR count). The monoisotopic (exact) mass is 328 g/mol. The molecule has 0 saturated heterocycles. The van der Waals surface area contributed by atoms with E-state index >= 15 is 0 Å². The van der Waals surface area contributed by atoms with E-state index in [1.54, 1.807) is 6.20 Å². The lowest BCUT2D eigenvalue weighted by atomic mass is 10.2. The number of hydrogen-bond donors (Lipinski definition) is 1. The van der Waals surface area contributed by atoms with E-state index in [0.29, 0.717) is 22.2 Å². The Morgan fingerprint density at radius 1 is 1.27 bits per heavy atom. The highest BCUT2D eigenvalue weighted by molar-refractivity contribution is 7.81. The van der Waals surface area contributed by atoms with Gasteiger partial charge in [0.25, 0.3) is 0 Å². The fourth-order valence-corrected chi connectivity index (χ4v) is 2.27. The molecular formula is C14H11F3N2O2S. The molecule has 116 valence electrons. The Bertz CT molecular complexity index is 678. The molecule has 4 nitrogen and oxygen atoms in total. The summed E-state index contributed by atoms with van der Waals surface area (Å²) in [7, 11) is 0. The minimum atomic E-state index is -4.70. The predicted molar refractivity (Wildman–Crippen MR) is 76.9 cm³/mol. The molecule has 8 heteroatoms. The van der Waals surface area contributed by atoms with Crippen molar-refractivity contribution in [1.82, 2.24) is 5.16 Å². The molecule has 0 spiro atoms. The summed E-state index contributed by atoms with van der Waals surface area (Å²) < 4.78 is 45.3. The van der Waals surface area contributed by atoms with Crippen LogP contribution in [0, 0.1) is 0 Å². The summed E-state index contributed by atoms with van der Waals surface area (Å²) >= 11 is 5.29. The lowest BCUT2D eigenvalue weighted by Crippen LogP contribution is -2.17. The lowest BCUT2D eigenvalue weighted by molar-refractivity contribution is -0.274. The first-order valence-corrected chi connectivity index (χ1v) is 6.95. The van der Waals surface area contributed by atoms with Crippen LogP contribution in [0.1, 0.15) is 30.1 Å². The largest absolute Gasteiger partial charge is 0.573 e. The maximum Gasteiger partial charge on any atom is 0.573 e. The smallest absolute Gasteiger partial charge is 0.406 e. The normalized spacial score (nSPS) is 14.7. The number of rotatable bonds is 4. The van der Waals surface area contributed by atoms with Gasteiger partial charge in [-0.2, -0.15) is 0 Å². The van der Waals surface area contributed by atoms with E-state index in [-0.39, 0.29) is 5.75 Å². The number of ether oxygens (including phenoxy) is 1. The van der Waals surface area contributed by atoms with Crippen molar-refractivity contribution >= 4 is 22.9 Å². The summed E-state index contributed by atoms with van der Waals surface area (Å²) in [5, 5.41) is 6.71. The van der Waals surface area contributed by atoms with E-state index in [4.69, 9.17) is 16.7 Å². The van der Waals surface area contributed by atoms with Gasteiger partial charge < -0.3 is 14.6 Å². The molecule has 1 aliphatic carbocycles. The van der Waals surface area contributed by atoms with Crippen LogP contribution in [-0.4, -0.2) is 16.5 Å². The van der Waals surface area contributed by atoms with Gasteiger partial charge in [0, 0.05) is 11.6 Å². The minimum Gasteiger partial charge on any atom is -0.406 e. The second kappa shape index (κ2) is 5.60. The summed E-state index contributed by atoms with van der Waals surface area (Å²) in [4.78, 5) is 0.424. The number of hydrogen-bond acceptors (Lipinski definition) is 4. The molecule has 1 aliphatic rings. The number of aromatic nitrogens is 1. The molecule has 1 aromatic heterocycles. The van der Waals surface area contributed by atoms with Gasteiger partial charge >= 0.3 is 6.36 Å². The molecule has 1 heterocycles. The molecule has 0 atom stereocenters. The van der Waals surface area contributed by atoms with Crippen LogP contribution >= 0.6 is 12.2 Å². The first-order valence-electron chi connectivity index (χ1n) is 6.54. The van der Waals surface area contributed by atoms with Crippen LogP contribution in [0.4, 0.5) is 18.9 Å². The highest BCUT2D eigenvalue weighted by Gasteiger charge is 2.32. The van der Waals surface area contributed by atoms with E-state index in [0.717, 1.165) is 18.6 Å². The maximum atomic E-state index is 12.1.